The Morgan fingerprint density at radius 1 is 1.44 bits per heavy atom. The number of aryl methyl sites for hydroxylation is 1. The summed E-state index contributed by atoms with van der Waals surface area (Å²) in [5, 5.41) is 3.60. The first kappa shape index (κ1) is 13.5. The number of pyridine rings is 1. The third-order valence-electron chi connectivity index (χ3n) is 3.54. The van der Waals surface area contributed by atoms with Gasteiger partial charge in [-0.1, -0.05) is 13.0 Å². The molecular formula is C15H24N2O. The number of rotatable bonds is 5. The Bertz CT molecular complexity index is 363. The molecule has 1 aliphatic rings. The lowest BCUT2D eigenvalue weighted by atomic mass is 10.00. The van der Waals surface area contributed by atoms with E-state index in [-0.39, 0.29) is 12.1 Å². The van der Waals surface area contributed by atoms with Crippen LogP contribution in [-0.2, 0) is 4.74 Å². The van der Waals surface area contributed by atoms with Crippen molar-refractivity contribution in [2.45, 2.75) is 58.3 Å². The molecule has 0 amide bonds. The summed E-state index contributed by atoms with van der Waals surface area (Å²) in [6.07, 6.45) is 6.09. The van der Waals surface area contributed by atoms with E-state index >= 15 is 0 Å². The largest absolute Gasteiger partial charge is 0.373 e. The average molecular weight is 248 g/mol. The van der Waals surface area contributed by atoms with Crippen molar-refractivity contribution in [2.75, 3.05) is 6.54 Å². The highest BCUT2D eigenvalue weighted by Crippen LogP contribution is 2.29. The van der Waals surface area contributed by atoms with Gasteiger partial charge in [-0.2, -0.15) is 0 Å². The molecule has 2 heterocycles. The second kappa shape index (κ2) is 6.30. The van der Waals surface area contributed by atoms with Gasteiger partial charge in [0, 0.05) is 11.9 Å². The van der Waals surface area contributed by atoms with Crippen molar-refractivity contribution in [3.8, 4) is 0 Å². The van der Waals surface area contributed by atoms with Gasteiger partial charge in [0.1, 0.15) is 0 Å². The van der Waals surface area contributed by atoms with Crippen molar-refractivity contribution in [1.29, 1.82) is 0 Å². The fourth-order valence-corrected chi connectivity index (χ4v) is 2.51. The van der Waals surface area contributed by atoms with Crippen LogP contribution in [0.5, 0.6) is 0 Å². The molecule has 1 aromatic rings. The van der Waals surface area contributed by atoms with Gasteiger partial charge in [-0.3, -0.25) is 4.98 Å². The van der Waals surface area contributed by atoms with Crippen molar-refractivity contribution in [2.24, 2.45) is 0 Å². The molecule has 3 heteroatoms. The highest BCUT2D eigenvalue weighted by Gasteiger charge is 2.30. The molecule has 0 radical (unpaired) electrons. The van der Waals surface area contributed by atoms with Crippen LogP contribution in [0, 0.1) is 6.92 Å². The van der Waals surface area contributed by atoms with Crippen molar-refractivity contribution >= 4 is 0 Å². The molecule has 1 fully saturated rings. The summed E-state index contributed by atoms with van der Waals surface area (Å²) in [5.41, 5.74) is 2.31. The third kappa shape index (κ3) is 3.30. The van der Waals surface area contributed by atoms with Crippen LogP contribution in [0.3, 0.4) is 0 Å². The maximum atomic E-state index is 6.01. The minimum Gasteiger partial charge on any atom is -0.373 e. The summed E-state index contributed by atoms with van der Waals surface area (Å²) in [7, 11) is 0. The maximum Gasteiger partial charge on any atom is 0.0774 e. The van der Waals surface area contributed by atoms with Crippen LogP contribution in [0.15, 0.2) is 18.3 Å². The summed E-state index contributed by atoms with van der Waals surface area (Å²) in [6, 6.07) is 4.53. The van der Waals surface area contributed by atoms with Crippen LogP contribution in [0.2, 0.25) is 0 Å². The van der Waals surface area contributed by atoms with Crippen molar-refractivity contribution < 1.29 is 4.74 Å². The fourth-order valence-electron chi connectivity index (χ4n) is 2.51. The van der Waals surface area contributed by atoms with Crippen LogP contribution in [-0.4, -0.2) is 23.7 Å². The Morgan fingerprint density at radius 3 is 2.83 bits per heavy atom. The molecule has 3 atom stereocenters. The zero-order chi connectivity index (χ0) is 13.0. The Morgan fingerprint density at radius 2 is 2.28 bits per heavy atom. The van der Waals surface area contributed by atoms with Crippen LogP contribution < -0.4 is 5.32 Å². The number of nitrogens with zero attached hydrogens (tertiary/aromatic N) is 1. The van der Waals surface area contributed by atoms with E-state index in [2.05, 4.69) is 36.3 Å². The van der Waals surface area contributed by atoms with Crippen LogP contribution in [0.4, 0.5) is 0 Å². The molecule has 18 heavy (non-hydrogen) atoms. The number of nitrogens with one attached hydrogen (secondary N) is 1. The summed E-state index contributed by atoms with van der Waals surface area (Å²) < 4.78 is 6.01. The second-order valence-electron chi connectivity index (χ2n) is 5.23. The molecule has 100 valence electrons. The zero-order valence-corrected chi connectivity index (χ0v) is 11.6. The number of aromatic nitrogens is 1. The van der Waals surface area contributed by atoms with Gasteiger partial charge in [-0.05, 0) is 51.3 Å². The van der Waals surface area contributed by atoms with E-state index in [4.69, 9.17) is 4.74 Å². The van der Waals surface area contributed by atoms with Crippen LogP contribution >= 0.6 is 0 Å². The van der Waals surface area contributed by atoms with Gasteiger partial charge in [-0.25, -0.2) is 0 Å². The topological polar surface area (TPSA) is 34.2 Å². The third-order valence-corrected chi connectivity index (χ3v) is 3.54. The number of hydrogen-bond donors (Lipinski definition) is 1. The molecule has 1 aliphatic heterocycles. The first-order valence-electron chi connectivity index (χ1n) is 7.02. The molecular weight excluding hydrogens is 224 g/mol. The highest BCUT2D eigenvalue weighted by atomic mass is 16.5. The summed E-state index contributed by atoms with van der Waals surface area (Å²) >= 11 is 0. The first-order valence-corrected chi connectivity index (χ1v) is 7.02. The van der Waals surface area contributed by atoms with E-state index in [1.54, 1.807) is 0 Å². The minimum absolute atomic E-state index is 0.281. The summed E-state index contributed by atoms with van der Waals surface area (Å²) in [4.78, 5) is 4.40. The monoisotopic (exact) mass is 248 g/mol. The van der Waals surface area contributed by atoms with E-state index in [9.17, 15) is 0 Å². The molecule has 1 saturated heterocycles. The molecule has 3 unspecified atom stereocenters. The molecule has 2 rings (SSSR count). The molecule has 0 saturated carbocycles. The van der Waals surface area contributed by atoms with Gasteiger partial charge in [0.15, 0.2) is 0 Å². The van der Waals surface area contributed by atoms with Gasteiger partial charge in [0.2, 0.25) is 0 Å². The minimum atomic E-state index is 0.281. The van der Waals surface area contributed by atoms with Crippen molar-refractivity contribution in [3.05, 3.63) is 29.6 Å². The standard InChI is InChI=1S/C15H24N2O/c1-4-9-16-15(14-8-6-12(3)18-14)13-7-5-11(2)17-10-13/h5,7,10,12,14-16H,4,6,8-9H2,1-3H3. The lowest BCUT2D eigenvalue weighted by Crippen LogP contribution is -2.32. The predicted octanol–water partition coefficient (Wildman–Crippen LogP) is 3.00. The van der Waals surface area contributed by atoms with E-state index in [0.29, 0.717) is 6.10 Å². The Balaban J connectivity index is 2.11. The van der Waals surface area contributed by atoms with E-state index in [1.807, 2.05) is 13.1 Å². The molecule has 3 nitrogen and oxygen atoms in total. The van der Waals surface area contributed by atoms with Gasteiger partial charge >= 0.3 is 0 Å². The number of hydrogen-bond acceptors (Lipinski definition) is 3. The lowest BCUT2D eigenvalue weighted by Gasteiger charge is -2.25. The van der Waals surface area contributed by atoms with Gasteiger partial charge in [0.05, 0.1) is 18.2 Å². The SMILES string of the molecule is CCCNC(c1ccc(C)nc1)C1CCC(C)O1. The van der Waals surface area contributed by atoms with Gasteiger partial charge < -0.3 is 10.1 Å². The molecule has 1 aromatic heterocycles. The molecule has 1 N–H and O–H groups in total. The van der Waals surface area contributed by atoms with Gasteiger partial charge in [0.25, 0.3) is 0 Å². The van der Waals surface area contributed by atoms with Crippen LogP contribution in [0.25, 0.3) is 0 Å². The highest BCUT2D eigenvalue weighted by molar-refractivity contribution is 5.19. The smallest absolute Gasteiger partial charge is 0.0774 e. The zero-order valence-electron chi connectivity index (χ0n) is 11.6. The molecule has 0 bridgehead atoms. The fraction of sp³-hybridized carbons (Fsp3) is 0.667. The molecule has 0 aromatic carbocycles. The van der Waals surface area contributed by atoms with Crippen molar-refractivity contribution in [1.82, 2.24) is 10.3 Å². The Kier molecular flexibility index (Phi) is 4.72. The van der Waals surface area contributed by atoms with Crippen molar-refractivity contribution in [3.63, 3.8) is 0 Å². The van der Waals surface area contributed by atoms with Gasteiger partial charge in [-0.15, -0.1) is 0 Å². The maximum absolute atomic E-state index is 6.01. The molecule has 0 spiro atoms. The summed E-state index contributed by atoms with van der Waals surface area (Å²) in [6.45, 7) is 7.39. The second-order valence-corrected chi connectivity index (χ2v) is 5.23. The number of ether oxygens (including phenoxy) is 1. The summed E-state index contributed by atoms with van der Waals surface area (Å²) in [5.74, 6) is 0. The predicted molar refractivity (Wildman–Crippen MR) is 73.6 cm³/mol. The Hall–Kier alpha value is -0.930. The van der Waals surface area contributed by atoms with E-state index in [1.165, 1.54) is 5.56 Å². The first-order chi connectivity index (χ1) is 8.70. The normalized spacial score (nSPS) is 25.3. The average Bonchev–Trinajstić information content (AvgIpc) is 2.78. The van der Waals surface area contributed by atoms with Crippen LogP contribution in [0.1, 0.15) is 50.4 Å². The van der Waals surface area contributed by atoms with E-state index in [0.717, 1.165) is 31.5 Å². The molecule has 0 aliphatic carbocycles. The lowest BCUT2D eigenvalue weighted by molar-refractivity contribution is 0.0315. The quantitative estimate of drug-likeness (QED) is 0.870. The Labute approximate surface area is 110 Å². The van der Waals surface area contributed by atoms with E-state index < -0.39 is 0 Å².